The third-order valence-corrected chi connectivity index (χ3v) is 12.3. The molecule has 0 atom stereocenters. The Kier molecular flexibility index (Phi) is 5.96. The fourth-order valence-corrected chi connectivity index (χ4v) is 9.75. The van der Waals surface area contributed by atoms with Crippen LogP contribution in [0.2, 0.25) is 0 Å². The molecule has 0 N–H and O–H groups in total. The van der Waals surface area contributed by atoms with Gasteiger partial charge >= 0.3 is 0 Å². The first-order valence-electron chi connectivity index (χ1n) is 19.0. The van der Waals surface area contributed by atoms with Gasteiger partial charge in [0, 0.05) is 32.2 Å². The van der Waals surface area contributed by atoms with Crippen LogP contribution in [0.3, 0.4) is 0 Å². The third kappa shape index (κ3) is 4.01. The summed E-state index contributed by atoms with van der Waals surface area (Å²) in [7, 11) is 0. The molecule has 2 aliphatic carbocycles. The highest BCUT2D eigenvalue weighted by atomic mass is 16.3. The van der Waals surface area contributed by atoms with E-state index in [2.05, 4.69) is 158 Å². The molecule has 7 aromatic carbocycles. The lowest BCUT2D eigenvalue weighted by Gasteiger charge is -2.22. The molecule has 3 aromatic heterocycles. The average Bonchev–Trinajstić information content (AvgIpc) is 3.94. The lowest BCUT2D eigenvalue weighted by atomic mass is 9.81. The van der Waals surface area contributed by atoms with Gasteiger partial charge in [-0.25, -0.2) is 0 Å². The van der Waals surface area contributed by atoms with Crippen molar-refractivity contribution in [3.63, 3.8) is 0 Å². The van der Waals surface area contributed by atoms with E-state index in [0.29, 0.717) is 0 Å². The number of hydrogen-bond donors (Lipinski definition) is 0. The smallest absolute Gasteiger partial charge is 0.137 e. The molecule has 3 heterocycles. The van der Waals surface area contributed by atoms with Gasteiger partial charge in [0.15, 0.2) is 0 Å². The Morgan fingerprint density at radius 1 is 0.519 bits per heavy atom. The molecule has 0 saturated carbocycles. The van der Waals surface area contributed by atoms with E-state index in [0.717, 1.165) is 56.9 Å². The maximum atomic E-state index is 6.69. The summed E-state index contributed by atoms with van der Waals surface area (Å²) in [4.78, 5) is 0. The molecule has 12 rings (SSSR count). The van der Waals surface area contributed by atoms with Crippen molar-refractivity contribution in [2.75, 3.05) is 0 Å². The molecule has 2 aliphatic rings. The van der Waals surface area contributed by atoms with Gasteiger partial charge in [0.2, 0.25) is 0 Å². The Bertz CT molecular complexity index is 3370. The molecule has 0 bridgehead atoms. The first kappa shape index (κ1) is 29.9. The normalized spacial score (nSPS) is 14.6. The molecule has 54 heavy (non-hydrogen) atoms. The highest BCUT2D eigenvalue weighted by Crippen LogP contribution is 2.49. The topological polar surface area (TPSA) is 31.2 Å². The van der Waals surface area contributed by atoms with E-state index < -0.39 is 0 Å². The van der Waals surface area contributed by atoms with Gasteiger partial charge in [0.25, 0.3) is 0 Å². The first-order valence-corrected chi connectivity index (χ1v) is 19.0. The van der Waals surface area contributed by atoms with Crippen LogP contribution in [-0.2, 0) is 5.41 Å². The maximum Gasteiger partial charge on any atom is 0.137 e. The van der Waals surface area contributed by atoms with Crippen LogP contribution in [0.4, 0.5) is 0 Å². The SMILES string of the molecule is CC1(C)c2ccccc2-c2ccc(-c3ccc4c(c3)c3ccccc3n4-c3cccc4oc5c(c34)=C(c3ccc4oc6ccccc6c4c3)CCC=5)cc21. The molecule has 0 spiro atoms. The van der Waals surface area contributed by atoms with Crippen LogP contribution in [0.15, 0.2) is 154 Å². The fraction of sp³-hybridized carbons (Fsp3) is 0.0980. The summed E-state index contributed by atoms with van der Waals surface area (Å²) in [6.45, 7) is 4.71. The molecule has 0 aliphatic heterocycles. The Balaban J connectivity index is 1.08. The minimum absolute atomic E-state index is 0.0458. The van der Waals surface area contributed by atoms with Crippen molar-refractivity contribution in [2.24, 2.45) is 0 Å². The molecule has 0 fully saturated rings. The molecular formula is C51H35NO2. The zero-order valence-electron chi connectivity index (χ0n) is 30.1. The number of benzene rings is 7. The highest BCUT2D eigenvalue weighted by Gasteiger charge is 2.35. The minimum atomic E-state index is -0.0458. The summed E-state index contributed by atoms with van der Waals surface area (Å²) in [5, 5.41) is 7.13. The second-order valence-corrected chi connectivity index (χ2v) is 15.5. The quantitative estimate of drug-likeness (QED) is 0.184. The minimum Gasteiger partial charge on any atom is -0.456 e. The zero-order chi connectivity index (χ0) is 35.7. The predicted octanol–water partition coefficient (Wildman–Crippen LogP) is 12.2. The van der Waals surface area contributed by atoms with Crippen LogP contribution in [0.1, 0.15) is 43.4 Å². The van der Waals surface area contributed by atoms with Crippen molar-refractivity contribution in [2.45, 2.75) is 32.1 Å². The molecule has 0 amide bonds. The Morgan fingerprint density at radius 2 is 1.22 bits per heavy atom. The number of furan rings is 2. The summed E-state index contributed by atoms with van der Waals surface area (Å²) in [6, 6.07) is 53.2. The van der Waals surface area contributed by atoms with E-state index in [1.165, 1.54) is 71.5 Å². The van der Waals surface area contributed by atoms with Crippen molar-refractivity contribution < 1.29 is 8.83 Å². The van der Waals surface area contributed by atoms with Crippen molar-refractivity contribution in [1.82, 2.24) is 4.57 Å². The number of para-hydroxylation sites is 2. The number of aromatic nitrogens is 1. The van der Waals surface area contributed by atoms with Crippen LogP contribution in [-0.4, -0.2) is 4.57 Å². The summed E-state index contributed by atoms with van der Waals surface area (Å²) >= 11 is 0. The lowest BCUT2D eigenvalue weighted by Crippen LogP contribution is -2.27. The summed E-state index contributed by atoms with van der Waals surface area (Å²) in [5.74, 6) is 0. The van der Waals surface area contributed by atoms with Crippen LogP contribution in [0, 0.1) is 0 Å². The van der Waals surface area contributed by atoms with Crippen LogP contribution in [0.5, 0.6) is 0 Å². The van der Waals surface area contributed by atoms with E-state index >= 15 is 0 Å². The zero-order valence-corrected chi connectivity index (χ0v) is 30.1. The van der Waals surface area contributed by atoms with E-state index in [9.17, 15) is 0 Å². The van der Waals surface area contributed by atoms with Gasteiger partial charge in [-0.05, 0) is 118 Å². The number of nitrogens with zero attached hydrogens (tertiary/aromatic N) is 1. The Labute approximate surface area is 311 Å². The molecule has 256 valence electrons. The van der Waals surface area contributed by atoms with Gasteiger partial charge in [-0.2, -0.15) is 0 Å². The molecule has 3 heteroatoms. The maximum absolute atomic E-state index is 6.69. The molecule has 0 radical (unpaired) electrons. The molecule has 0 saturated heterocycles. The third-order valence-electron chi connectivity index (χ3n) is 12.3. The predicted molar refractivity (Wildman–Crippen MR) is 223 cm³/mol. The van der Waals surface area contributed by atoms with Crippen molar-refractivity contribution in [3.05, 3.63) is 173 Å². The van der Waals surface area contributed by atoms with Crippen LogP contribution < -0.4 is 10.6 Å². The summed E-state index contributed by atoms with van der Waals surface area (Å²) in [5.41, 5.74) is 17.7. The van der Waals surface area contributed by atoms with Gasteiger partial charge in [0.05, 0.1) is 22.1 Å². The molecule has 0 unspecified atom stereocenters. The van der Waals surface area contributed by atoms with E-state index in [1.807, 2.05) is 12.1 Å². The van der Waals surface area contributed by atoms with Gasteiger partial charge < -0.3 is 13.4 Å². The highest BCUT2D eigenvalue weighted by molar-refractivity contribution is 6.12. The van der Waals surface area contributed by atoms with Gasteiger partial charge in [0.1, 0.15) is 22.2 Å². The summed E-state index contributed by atoms with van der Waals surface area (Å²) < 4.78 is 15.4. The second-order valence-electron chi connectivity index (χ2n) is 15.5. The monoisotopic (exact) mass is 693 g/mol. The van der Waals surface area contributed by atoms with Crippen molar-refractivity contribution in [3.8, 4) is 27.9 Å². The van der Waals surface area contributed by atoms with Crippen LogP contribution >= 0.6 is 0 Å². The largest absolute Gasteiger partial charge is 0.456 e. The van der Waals surface area contributed by atoms with Gasteiger partial charge in [-0.3, -0.25) is 0 Å². The average molecular weight is 694 g/mol. The molecule has 3 nitrogen and oxygen atoms in total. The lowest BCUT2D eigenvalue weighted by molar-refractivity contribution is 0.571. The summed E-state index contributed by atoms with van der Waals surface area (Å²) in [6.07, 6.45) is 4.14. The van der Waals surface area contributed by atoms with Gasteiger partial charge in [-0.1, -0.05) is 105 Å². The number of fused-ring (bicyclic) bond motifs is 12. The standard InChI is InChI=1S/C51H35NO2/c1-51(2)40-15-6-3-11-34(40)35-24-21-31(29-41(35)51)30-22-25-43-38(27-30)36-12-4-7-16-42(36)52(43)44-17-10-20-48-50(44)49-33(14-9-19-47(49)54-48)32-23-26-46-39(28-32)37-13-5-8-18-45(37)53-46/h3-8,10-13,15-29H,9,14H2,1-2H3. The van der Waals surface area contributed by atoms with Crippen molar-refractivity contribution >= 4 is 66.4 Å². The van der Waals surface area contributed by atoms with E-state index in [1.54, 1.807) is 0 Å². The van der Waals surface area contributed by atoms with E-state index in [4.69, 9.17) is 8.83 Å². The fourth-order valence-electron chi connectivity index (χ4n) is 9.75. The number of rotatable bonds is 3. The van der Waals surface area contributed by atoms with Gasteiger partial charge in [-0.15, -0.1) is 0 Å². The molecular weight excluding hydrogens is 659 g/mol. The van der Waals surface area contributed by atoms with Crippen molar-refractivity contribution in [1.29, 1.82) is 0 Å². The first-order chi connectivity index (χ1) is 26.5. The Morgan fingerprint density at radius 3 is 2.17 bits per heavy atom. The second kappa shape index (κ2) is 10.7. The molecule has 10 aromatic rings. The van der Waals surface area contributed by atoms with Crippen LogP contribution in [0.25, 0.3) is 94.3 Å². The number of hydrogen-bond acceptors (Lipinski definition) is 2. The van der Waals surface area contributed by atoms with E-state index in [-0.39, 0.29) is 5.41 Å². The Hall–Kier alpha value is -6.58.